The molecule has 0 saturated heterocycles. The third-order valence-electron chi connectivity index (χ3n) is 2.82. The summed E-state index contributed by atoms with van der Waals surface area (Å²) in [4.78, 5) is 12.6. The third kappa shape index (κ3) is 4.15. The molecule has 0 unspecified atom stereocenters. The second-order valence-corrected chi connectivity index (χ2v) is 5.25. The van der Waals surface area contributed by atoms with Crippen LogP contribution < -0.4 is 10.6 Å². The quantitative estimate of drug-likeness (QED) is 0.770. The molecular formula is C15H19N3OS. The Balaban J connectivity index is 1.87. The van der Waals surface area contributed by atoms with Crippen molar-refractivity contribution in [2.75, 3.05) is 19.6 Å². The number of aromatic nitrogens is 1. The molecule has 0 fully saturated rings. The second kappa shape index (κ2) is 7.77. The highest BCUT2D eigenvalue weighted by Gasteiger charge is 2.10. The van der Waals surface area contributed by atoms with Crippen LogP contribution in [0.3, 0.4) is 0 Å². The maximum atomic E-state index is 12.0. The molecule has 20 heavy (non-hydrogen) atoms. The van der Waals surface area contributed by atoms with Crippen LogP contribution in [0.2, 0.25) is 0 Å². The molecule has 0 atom stereocenters. The second-order valence-electron chi connectivity index (χ2n) is 4.45. The Hall–Kier alpha value is -1.72. The van der Waals surface area contributed by atoms with Gasteiger partial charge in [0.05, 0.1) is 5.69 Å². The van der Waals surface area contributed by atoms with Crippen LogP contribution in [0.1, 0.15) is 23.0 Å². The molecule has 106 valence electrons. The maximum absolute atomic E-state index is 12.0. The van der Waals surface area contributed by atoms with Crippen LogP contribution in [0.15, 0.2) is 36.4 Å². The smallest absolute Gasteiger partial charge is 0.263 e. The van der Waals surface area contributed by atoms with Gasteiger partial charge in [-0.1, -0.05) is 37.3 Å². The standard InChI is InChI=1S/C15H19N3OS/c1-2-8-16-9-10-17-15(19)14-11-13(18-20-14)12-6-4-3-5-7-12/h3-7,11,16H,2,8-10H2,1H3,(H,17,19). The van der Waals surface area contributed by atoms with Crippen LogP contribution in [-0.4, -0.2) is 29.9 Å². The Bertz CT molecular complexity index is 539. The van der Waals surface area contributed by atoms with Gasteiger partial charge in [0, 0.05) is 18.7 Å². The van der Waals surface area contributed by atoms with Crippen molar-refractivity contribution in [1.29, 1.82) is 0 Å². The number of rotatable bonds is 7. The van der Waals surface area contributed by atoms with E-state index in [1.165, 1.54) is 11.5 Å². The van der Waals surface area contributed by atoms with Gasteiger partial charge in [0.25, 0.3) is 5.91 Å². The molecule has 0 aliphatic rings. The van der Waals surface area contributed by atoms with E-state index < -0.39 is 0 Å². The minimum absolute atomic E-state index is 0.0528. The van der Waals surface area contributed by atoms with Crippen molar-refractivity contribution in [3.63, 3.8) is 0 Å². The fourth-order valence-electron chi connectivity index (χ4n) is 1.78. The molecule has 1 aromatic heterocycles. The van der Waals surface area contributed by atoms with Crippen molar-refractivity contribution in [3.8, 4) is 11.3 Å². The van der Waals surface area contributed by atoms with Gasteiger partial charge in [-0.05, 0) is 30.6 Å². The number of nitrogens with one attached hydrogen (secondary N) is 2. The molecule has 1 amide bonds. The fourth-order valence-corrected chi connectivity index (χ4v) is 2.45. The first-order chi connectivity index (χ1) is 9.81. The highest BCUT2D eigenvalue weighted by atomic mass is 32.1. The first-order valence-electron chi connectivity index (χ1n) is 6.82. The lowest BCUT2D eigenvalue weighted by Gasteiger charge is -2.04. The lowest BCUT2D eigenvalue weighted by Crippen LogP contribution is -2.31. The summed E-state index contributed by atoms with van der Waals surface area (Å²) >= 11 is 1.24. The predicted octanol–water partition coefficient (Wildman–Crippen LogP) is 2.54. The average molecular weight is 289 g/mol. The van der Waals surface area contributed by atoms with Crippen LogP contribution in [-0.2, 0) is 0 Å². The van der Waals surface area contributed by atoms with E-state index in [1.807, 2.05) is 36.4 Å². The normalized spacial score (nSPS) is 10.4. The Morgan fingerprint density at radius 1 is 1.20 bits per heavy atom. The number of hydrogen-bond donors (Lipinski definition) is 2. The van der Waals surface area contributed by atoms with Crippen LogP contribution in [0.4, 0.5) is 0 Å². The van der Waals surface area contributed by atoms with Gasteiger partial charge in [-0.25, -0.2) is 0 Å². The summed E-state index contributed by atoms with van der Waals surface area (Å²) in [5.74, 6) is -0.0528. The van der Waals surface area contributed by atoms with Gasteiger partial charge >= 0.3 is 0 Å². The van der Waals surface area contributed by atoms with E-state index in [-0.39, 0.29) is 5.91 Å². The molecule has 0 radical (unpaired) electrons. The van der Waals surface area contributed by atoms with Gasteiger partial charge in [-0.3, -0.25) is 4.79 Å². The van der Waals surface area contributed by atoms with Crippen molar-refractivity contribution in [3.05, 3.63) is 41.3 Å². The van der Waals surface area contributed by atoms with E-state index in [2.05, 4.69) is 21.9 Å². The van der Waals surface area contributed by atoms with Crippen LogP contribution >= 0.6 is 11.5 Å². The molecular weight excluding hydrogens is 270 g/mol. The number of benzene rings is 1. The first-order valence-corrected chi connectivity index (χ1v) is 7.59. The molecule has 2 N–H and O–H groups in total. The molecule has 2 rings (SSSR count). The van der Waals surface area contributed by atoms with Gasteiger partial charge in [-0.2, -0.15) is 4.37 Å². The van der Waals surface area contributed by atoms with E-state index in [9.17, 15) is 4.79 Å². The highest BCUT2D eigenvalue weighted by molar-refractivity contribution is 7.08. The summed E-state index contributed by atoms with van der Waals surface area (Å²) in [6.07, 6.45) is 1.10. The van der Waals surface area contributed by atoms with Crippen molar-refractivity contribution in [2.45, 2.75) is 13.3 Å². The van der Waals surface area contributed by atoms with Crippen molar-refractivity contribution in [2.24, 2.45) is 0 Å². The fraction of sp³-hybridized carbons (Fsp3) is 0.333. The molecule has 0 aliphatic carbocycles. The molecule has 0 saturated carbocycles. The van der Waals surface area contributed by atoms with Crippen LogP contribution in [0.25, 0.3) is 11.3 Å². The molecule has 0 aliphatic heterocycles. The van der Waals surface area contributed by atoms with Crippen LogP contribution in [0.5, 0.6) is 0 Å². The van der Waals surface area contributed by atoms with Gasteiger partial charge < -0.3 is 10.6 Å². The van der Waals surface area contributed by atoms with Gasteiger partial charge in [0.15, 0.2) is 0 Å². The largest absolute Gasteiger partial charge is 0.350 e. The molecule has 5 heteroatoms. The number of carbonyl (C=O) groups excluding carboxylic acids is 1. The van der Waals surface area contributed by atoms with Crippen molar-refractivity contribution >= 4 is 17.4 Å². The van der Waals surface area contributed by atoms with E-state index in [1.54, 1.807) is 0 Å². The Morgan fingerprint density at radius 3 is 2.75 bits per heavy atom. The highest BCUT2D eigenvalue weighted by Crippen LogP contribution is 2.21. The first kappa shape index (κ1) is 14.7. The third-order valence-corrected chi connectivity index (χ3v) is 3.61. The van der Waals surface area contributed by atoms with Gasteiger partial charge in [-0.15, -0.1) is 0 Å². The minimum atomic E-state index is -0.0528. The molecule has 0 bridgehead atoms. The SMILES string of the molecule is CCCNCCNC(=O)c1cc(-c2ccccc2)ns1. The zero-order chi connectivity index (χ0) is 14.2. The zero-order valence-corrected chi connectivity index (χ0v) is 12.4. The topological polar surface area (TPSA) is 54.0 Å². The molecule has 0 spiro atoms. The monoisotopic (exact) mass is 289 g/mol. The Morgan fingerprint density at radius 2 is 2.00 bits per heavy atom. The average Bonchev–Trinajstić information content (AvgIpc) is 2.98. The Kier molecular flexibility index (Phi) is 5.70. The summed E-state index contributed by atoms with van der Waals surface area (Å²) in [6, 6.07) is 11.7. The van der Waals surface area contributed by atoms with E-state index >= 15 is 0 Å². The summed E-state index contributed by atoms with van der Waals surface area (Å²) in [6.45, 7) is 4.53. The van der Waals surface area contributed by atoms with Crippen molar-refractivity contribution in [1.82, 2.24) is 15.0 Å². The zero-order valence-electron chi connectivity index (χ0n) is 11.6. The lowest BCUT2D eigenvalue weighted by molar-refractivity contribution is 0.0958. The van der Waals surface area contributed by atoms with Crippen molar-refractivity contribution < 1.29 is 4.79 Å². The molecule has 2 aromatic rings. The number of hydrogen-bond acceptors (Lipinski definition) is 4. The van der Waals surface area contributed by atoms with Crippen LogP contribution in [0, 0.1) is 0 Å². The number of carbonyl (C=O) groups is 1. The number of nitrogens with zero attached hydrogens (tertiary/aromatic N) is 1. The molecule has 1 aromatic carbocycles. The molecule has 4 nitrogen and oxygen atoms in total. The summed E-state index contributed by atoms with van der Waals surface area (Å²) < 4.78 is 4.33. The number of amides is 1. The lowest BCUT2D eigenvalue weighted by atomic mass is 10.1. The summed E-state index contributed by atoms with van der Waals surface area (Å²) in [5, 5.41) is 6.14. The Labute approximate surface area is 123 Å². The maximum Gasteiger partial charge on any atom is 0.263 e. The van der Waals surface area contributed by atoms with E-state index in [0.717, 1.165) is 30.8 Å². The minimum Gasteiger partial charge on any atom is -0.350 e. The predicted molar refractivity (Wildman–Crippen MR) is 83.0 cm³/mol. The van der Waals surface area contributed by atoms with Gasteiger partial charge in [0.2, 0.25) is 0 Å². The summed E-state index contributed by atoms with van der Waals surface area (Å²) in [5.41, 5.74) is 1.89. The summed E-state index contributed by atoms with van der Waals surface area (Å²) in [7, 11) is 0. The van der Waals surface area contributed by atoms with Gasteiger partial charge in [0.1, 0.15) is 4.88 Å². The molecule has 1 heterocycles. The van der Waals surface area contributed by atoms with E-state index in [0.29, 0.717) is 11.4 Å². The van der Waals surface area contributed by atoms with E-state index in [4.69, 9.17) is 0 Å².